The topological polar surface area (TPSA) is 77.2 Å². The number of halogens is 4. The lowest BCUT2D eigenvalue weighted by molar-refractivity contribution is 0.0949. The average Bonchev–Trinajstić information content (AvgIpc) is 2.71. The molecular weight excluding hydrogens is 435 g/mol. The highest BCUT2D eigenvalue weighted by Crippen LogP contribution is 2.28. The number of hydrogen-bond acceptors (Lipinski definition) is 4. The van der Waals surface area contributed by atoms with Crippen LogP contribution in [0.3, 0.4) is 0 Å². The third-order valence-corrected chi connectivity index (χ3v) is 5.09. The summed E-state index contributed by atoms with van der Waals surface area (Å²) in [6.07, 6.45) is 1.24. The second-order valence-corrected chi connectivity index (χ2v) is 7.25. The molecule has 30 heavy (non-hydrogen) atoms. The van der Waals surface area contributed by atoms with Crippen LogP contribution < -0.4 is 15.8 Å². The molecule has 0 unspecified atom stereocenters. The van der Waals surface area contributed by atoms with Crippen molar-refractivity contribution in [2.24, 2.45) is 0 Å². The van der Waals surface area contributed by atoms with Crippen molar-refractivity contribution in [3.05, 3.63) is 86.5 Å². The van der Waals surface area contributed by atoms with Crippen LogP contribution >= 0.6 is 23.2 Å². The Labute approximate surface area is 181 Å². The van der Waals surface area contributed by atoms with Gasteiger partial charge >= 0.3 is 0 Å². The molecule has 2 aromatic carbocycles. The number of aryl methyl sites for hydroxylation is 1. The molecule has 3 rings (SSSR count). The molecule has 0 aliphatic carbocycles. The predicted octanol–water partition coefficient (Wildman–Crippen LogP) is 5.07. The molecule has 1 amide bonds. The van der Waals surface area contributed by atoms with Crippen molar-refractivity contribution in [3.63, 3.8) is 0 Å². The first kappa shape index (κ1) is 21.8. The summed E-state index contributed by atoms with van der Waals surface area (Å²) in [5.74, 6) is -1.83. The monoisotopic (exact) mass is 451 g/mol. The molecule has 0 atom stereocenters. The van der Waals surface area contributed by atoms with Gasteiger partial charge in [-0.1, -0.05) is 35.3 Å². The Kier molecular flexibility index (Phi) is 6.74. The van der Waals surface area contributed by atoms with Gasteiger partial charge in [0.2, 0.25) is 0 Å². The first-order valence-corrected chi connectivity index (χ1v) is 9.56. The minimum absolute atomic E-state index is 0.00910. The summed E-state index contributed by atoms with van der Waals surface area (Å²) in [7, 11) is 0. The molecule has 156 valence electrons. The third kappa shape index (κ3) is 4.80. The molecule has 1 heterocycles. The second kappa shape index (κ2) is 9.28. The zero-order valence-electron chi connectivity index (χ0n) is 15.8. The number of nitrogens with zero attached hydrogens (tertiary/aromatic N) is 1. The van der Waals surface area contributed by atoms with Gasteiger partial charge in [-0.3, -0.25) is 4.79 Å². The van der Waals surface area contributed by atoms with E-state index in [9.17, 15) is 13.6 Å². The van der Waals surface area contributed by atoms with Crippen LogP contribution in [0.5, 0.6) is 5.75 Å². The number of nitrogens with one attached hydrogen (secondary N) is 1. The van der Waals surface area contributed by atoms with E-state index in [1.807, 2.05) is 0 Å². The van der Waals surface area contributed by atoms with Crippen molar-refractivity contribution in [2.75, 3.05) is 5.73 Å². The van der Waals surface area contributed by atoms with Crippen molar-refractivity contribution in [3.8, 4) is 5.75 Å². The highest BCUT2D eigenvalue weighted by atomic mass is 35.5. The minimum Gasteiger partial charge on any atom is -0.485 e. The molecule has 9 heteroatoms. The van der Waals surface area contributed by atoms with Crippen LogP contribution in [0, 0.1) is 18.6 Å². The fraction of sp³-hybridized carbons (Fsp3) is 0.143. The number of nitrogen functional groups attached to an aromatic ring is 1. The van der Waals surface area contributed by atoms with E-state index in [0.717, 1.165) is 6.07 Å². The molecule has 0 bridgehead atoms. The Hall–Kier alpha value is -2.90. The summed E-state index contributed by atoms with van der Waals surface area (Å²) < 4.78 is 33.6. The normalized spacial score (nSPS) is 10.7. The summed E-state index contributed by atoms with van der Waals surface area (Å²) >= 11 is 12.2. The average molecular weight is 452 g/mol. The summed E-state index contributed by atoms with van der Waals surface area (Å²) in [5.41, 5.74) is 6.54. The highest BCUT2D eigenvalue weighted by molar-refractivity contribution is 6.35. The molecular formula is C21H17Cl2F2N3O2. The van der Waals surface area contributed by atoms with Crippen LogP contribution in [0.15, 0.2) is 42.6 Å². The van der Waals surface area contributed by atoms with Crippen molar-refractivity contribution < 1.29 is 18.3 Å². The molecule has 5 nitrogen and oxygen atoms in total. The van der Waals surface area contributed by atoms with E-state index >= 15 is 0 Å². The fourth-order valence-electron chi connectivity index (χ4n) is 2.66. The smallest absolute Gasteiger partial charge is 0.253 e. The van der Waals surface area contributed by atoms with E-state index in [4.69, 9.17) is 33.7 Å². The maximum Gasteiger partial charge on any atom is 0.253 e. The van der Waals surface area contributed by atoms with E-state index in [1.54, 1.807) is 18.2 Å². The first-order valence-electron chi connectivity index (χ1n) is 8.80. The summed E-state index contributed by atoms with van der Waals surface area (Å²) in [6.45, 7) is 1.20. The van der Waals surface area contributed by atoms with Gasteiger partial charge < -0.3 is 15.8 Å². The minimum atomic E-state index is -0.741. The number of hydrogen-bond donors (Lipinski definition) is 2. The molecule has 0 aliphatic rings. The lowest BCUT2D eigenvalue weighted by Crippen LogP contribution is -2.24. The fourth-order valence-corrected chi connectivity index (χ4v) is 3.17. The van der Waals surface area contributed by atoms with E-state index < -0.39 is 17.5 Å². The maximum absolute atomic E-state index is 14.1. The predicted molar refractivity (Wildman–Crippen MR) is 112 cm³/mol. The van der Waals surface area contributed by atoms with Gasteiger partial charge in [0.05, 0.1) is 5.56 Å². The van der Waals surface area contributed by atoms with Crippen LogP contribution in [-0.2, 0) is 13.2 Å². The molecule has 0 radical (unpaired) electrons. The molecule has 1 aromatic heterocycles. The third-order valence-electron chi connectivity index (χ3n) is 4.38. The summed E-state index contributed by atoms with van der Waals surface area (Å²) in [4.78, 5) is 16.4. The number of nitrogens with two attached hydrogens (primary N) is 1. The number of carbonyl (C=O) groups is 1. The van der Waals surface area contributed by atoms with Gasteiger partial charge in [0, 0.05) is 33.9 Å². The summed E-state index contributed by atoms with van der Waals surface area (Å²) in [5, 5.41) is 3.31. The van der Waals surface area contributed by atoms with Gasteiger partial charge in [-0.2, -0.15) is 0 Å². The lowest BCUT2D eigenvalue weighted by atomic mass is 10.1. The molecule has 0 saturated heterocycles. The Morgan fingerprint density at radius 1 is 1.17 bits per heavy atom. The molecule has 3 aromatic rings. The maximum atomic E-state index is 14.1. The van der Waals surface area contributed by atoms with Crippen LogP contribution in [0.1, 0.15) is 27.0 Å². The van der Waals surface area contributed by atoms with E-state index in [0.29, 0.717) is 15.6 Å². The molecule has 0 fully saturated rings. The van der Waals surface area contributed by atoms with Crippen LogP contribution in [0.25, 0.3) is 0 Å². The zero-order valence-corrected chi connectivity index (χ0v) is 17.3. The second-order valence-electron chi connectivity index (χ2n) is 6.44. The zero-order chi connectivity index (χ0) is 21.8. The first-order chi connectivity index (χ1) is 14.3. The number of carbonyl (C=O) groups excluding carboxylic acids is 1. The van der Waals surface area contributed by atoms with Gasteiger partial charge in [-0.15, -0.1) is 0 Å². The Bertz CT molecular complexity index is 1090. The van der Waals surface area contributed by atoms with Crippen LogP contribution in [0.4, 0.5) is 14.6 Å². The Morgan fingerprint density at radius 3 is 2.57 bits per heavy atom. The van der Waals surface area contributed by atoms with Gasteiger partial charge in [-0.25, -0.2) is 13.8 Å². The van der Waals surface area contributed by atoms with Crippen molar-refractivity contribution >= 4 is 34.9 Å². The number of amides is 1. The molecule has 0 saturated carbocycles. The van der Waals surface area contributed by atoms with Crippen molar-refractivity contribution in [1.29, 1.82) is 0 Å². The molecule has 0 spiro atoms. The SMILES string of the molecule is Cc1ccc(F)c(CNC(=O)c2cnc(N)c(OCc3c(Cl)cccc3Cl)c2)c1F. The number of anilines is 1. The van der Waals surface area contributed by atoms with Crippen molar-refractivity contribution in [1.82, 2.24) is 10.3 Å². The number of pyridine rings is 1. The van der Waals surface area contributed by atoms with Gasteiger partial charge in [0.25, 0.3) is 5.91 Å². The number of aromatic nitrogens is 1. The van der Waals surface area contributed by atoms with Gasteiger partial charge in [0.15, 0.2) is 11.6 Å². The Balaban J connectivity index is 1.73. The van der Waals surface area contributed by atoms with E-state index in [1.165, 1.54) is 25.3 Å². The van der Waals surface area contributed by atoms with Gasteiger partial charge in [0.1, 0.15) is 18.2 Å². The largest absolute Gasteiger partial charge is 0.485 e. The van der Waals surface area contributed by atoms with Gasteiger partial charge in [-0.05, 0) is 36.8 Å². The number of rotatable bonds is 6. The molecule has 0 aliphatic heterocycles. The number of benzene rings is 2. The highest BCUT2D eigenvalue weighted by Gasteiger charge is 2.15. The Morgan fingerprint density at radius 2 is 1.87 bits per heavy atom. The van der Waals surface area contributed by atoms with E-state index in [2.05, 4.69) is 10.3 Å². The standard InChI is InChI=1S/C21H17Cl2F2N3O2/c1-11-5-6-17(24)13(19(11)25)9-28-21(29)12-7-18(20(26)27-8-12)30-10-14-15(22)3-2-4-16(14)23/h2-8H,9-10H2,1H3,(H2,26,27)(H,28,29). The van der Waals surface area contributed by atoms with Crippen LogP contribution in [0.2, 0.25) is 10.0 Å². The lowest BCUT2D eigenvalue weighted by Gasteiger charge is -2.12. The van der Waals surface area contributed by atoms with Crippen LogP contribution in [-0.4, -0.2) is 10.9 Å². The molecule has 3 N–H and O–H groups in total. The van der Waals surface area contributed by atoms with Crippen molar-refractivity contribution in [2.45, 2.75) is 20.1 Å². The summed E-state index contributed by atoms with van der Waals surface area (Å²) in [6, 6.07) is 8.90. The van der Waals surface area contributed by atoms with E-state index in [-0.39, 0.29) is 41.4 Å². The number of ether oxygens (including phenoxy) is 1. The quantitative estimate of drug-likeness (QED) is 0.548.